The van der Waals surface area contributed by atoms with Crippen LogP contribution in [-0.4, -0.2) is 26.1 Å². The summed E-state index contributed by atoms with van der Waals surface area (Å²) in [6, 6.07) is 0. The van der Waals surface area contributed by atoms with Gasteiger partial charge in [-0.15, -0.1) is 5.10 Å². The van der Waals surface area contributed by atoms with E-state index in [0.29, 0.717) is 12.5 Å². The molecule has 0 atom stereocenters. The fourth-order valence-corrected chi connectivity index (χ4v) is 0.952. The van der Waals surface area contributed by atoms with Gasteiger partial charge in [0.05, 0.1) is 6.54 Å². The topological polar surface area (TPSA) is 72.7 Å². The van der Waals surface area contributed by atoms with Crippen molar-refractivity contribution < 1.29 is 4.79 Å². The van der Waals surface area contributed by atoms with Gasteiger partial charge < -0.3 is 0 Å². The summed E-state index contributed by atoms with van der Waals surface area (Å²) in [5, 5.41) is 14.2. The molecule has 0 aliphatic rings. The maximum Gasteiger partial charge on any atom is 0.270 e. The lowest BCUT2D eigenvalue weighted by atomic mass is 10.2. The fraction of sp³-hybridized carbons (Fsp3) is 0.778. The molecule has 0 saturated heterocycles. The van der Waals surface area contributed by atoms with Crippen molar-refractivity contribution >= 4 is 11.9 Å². The molecule has 84 valence electrons. The minimum atomic E-state index is -0.0981. The van der Waals surface area contributed by atoms with Gasteiger partial charge in [0, 0.05) is 5.92 Å². The fourth-order valence-electron chi connectivity index (χ4n) is 0.952. The van der Waals surface area contributed by atoms with Crippen molar-refractivity contribution in [2.24, 2.45) is 11.8 Å². The van der Waals surface area contributed by atoms with E-state index in [9.17, 15) is 4.79 Å². The van der Waals surface area contributed by atoms with Crippen LogP contribution < -0.4 is 5.32 Å². The molecule has 1 rings (SSSR count). The van der Waals surface area contributed by atoms with Gasteiger partial charge in [-0.1, -0.05) is 32.8 Å². The molecule has 1 aromatic rings. The van der Waals surface area contributed by atoms with Crippen LogP contribution in [0.5, 0.6) is 0 Å². The van der Waals surface area contributed by atoms with E-state index in [1.165, 1.54) is 4.80 Å². The molecule has 0 aromatic carbocycles. The third-order valence-electron chi connectivity index (χ3n) is 1.74. The summed E-state index contributed by atoms with van der Waals surface area (Å²) in [6.45, 7) is 8.46. The van der Waals surface area contributed by atoms with Crippen LogP contribution in [0, 0.1) is 11.8 Å². The highest BCUT2D eigenvalue weighted by molar-refractivity contribution is 5.90. The molecule has 15 heavy (non-hydrogen) atoms. The highest BCUT2D eigenvalue weighted by Crippen LogP contribution is 2.01. The summed E-state index contributed by atoms with van der Waals surface area (Å²) in [7, 11) is 0. The van der Waals surface area contributed by atoms with Gasteiger partial charge in [-0.3, -0.25) is 10.1 Å². The van der Waals surface area contributed by atoms with E-state index in [1.807, 2.05) is 13.8 Å². The standard InChI is InChI=1S/C9H17N5O/c1-6(2)5-14-12-9(11-13-14)10-8(15)7(3)4/h6-7H,5H2,1-4H3,(H,10,12,15). The zero-order chi connectivity index (χ0) is 11.4. The quantitative estimate of drug-likeness (QED) is 0.803. The molecule has 0 radical (unpaired) electrons. The minimum absolute atomic E-state index is 0.0814. The number of aromatic nitrogens is 4. The van der Waals surface area contributed by atoms with Crippen molar-refractivity contribution in [1.82, 2.24) is 20.2 Å². The summed E-state index contributed by atoms with van der Waals surface area (Å²) in [5.41, 5.74) is 0. The van der Waals surface area contributed by atoms with Gasteiger partial charge in [0.25, 0.3) is 5.95 Å². The van der Waals surface area contributed by atoms with Crippen molar-refractivity contribution in [3.8, 4) is 0 Å². The van der Waals surface area contributed by atoms with E-state index in [1.54, 1.807) is 0 Å². The maximum atomic E-state index is 11.3. The smallest absolute Gasteiger partial charge is 0.270 e. The molecule has 1 heterocycles. The number of hydrogen-bond donors (Lipinski definition) is 1. The number of amides is 1. The zero-order valence-corrected chi connectivity index (χ0v) is 9.56. The number of hydrogen-bond acceptors (Lipinski definition) is 4. The Labute approximate surface area is 89.0 Å². The van der Waals surface area contributed by atoms with E-state index in [2.05, 4.69) is 34.6 Å². The molecular formula is C9H17N5O. The predicted molar refractivity (Wildman–Crippen MR) is 56.1 cm³/mol. The Hall–Kier alpha value is -1.46. The molecule has 0 aliphatic carbocycles. The number of nitrogens with one attached hydrogen (secondary N) is 1. The van der Waals surface area contributed by atoms with Crippen molar-refractivity contribution in [3.05, 3.63) is 0 Å². The van der Waals surface area contributed by atoms with Crippen LogP contribution in [0.4, 0.5) is 5.95 Å². The Balaban J connectivity index is 2.56. The lowest BCUT2D eigenvalue weighted by Gasteiger charge is -2.02. The second-order valence-electron chi connectivity index (χ2n) is 4.21. The Bertz CT molecular complexity index is 331. The Morgan fingerprint density at radius 1 is 1.40 bits per heavy atom. The third-order valence-corrected chi connectivity index (χ3v) is 1.74. The Kier molecular flexibility index (Phi) is 3.76. The molecule has 6 nitrogen and oxygen atoms in total. The van der Waals surface area contributed by atoms with Crippen LogP contribution in [0.15, 0.2) is 0 Å². The lowest BCUT2D eigenvalue weighted by Crippen LogP contribution is -2.18. The summed E-state index contributed by atoms with van der Waals surface area (Å²) < 4.78 is 0. The molecular weight excluding hydrogens is 194 g/mol. The van der Waals surface area contributed by atoms with E-state index >= 15 is 0 Å². The van der Waals surface area contributed by atoms with E-state index in [-0.39, 0.29) is 17.8 Å². The summed E-state index contributed by atoms with van der Waals surface area (Å²) >= 11 is 0. The molecule has 0 fully saturated rings. The van der Waals surface area contributed by atoms with Gasteiger partial charge >= 0.3 is 0 Å². The van der Waals surface area contributed by atoms with Crippen molar-refractivity contribution in [3.63, 3.8) is 0 Å². The van der Waals surface area contributed by atoms with Crippen LogP contribution in [0.3, 0.4) is 0 Å². The number of anilines is 1. The van der Waals surface area contributed by atoms with Gasteiger partial charge in [0.1, 0.15) is 0 Å². The lowest BCUT2D eigenvalue weighted by molar-refractivity contribution is -0.118. The predicted octanol–water partition coefficient (Wildman–Crippen LogP) is 0.924. The summed E-state index contributed by atoms with van der Waals surface area (Å²) in [6.07, 6.45) is 0. The van der Waals surface area contributed by atoms with Crippen molar-refractivity contribution in [2.45, 2.75) is 34.2 Å². The van der Waals surface area contributed by atoms with E-state index in [4.69, 9.17) is 0 Å². The van der Waals surface area contributed by atoms with Gasteiger partial charge in [-0.25, -0.2) is 0 Å². The van der Waals surface area contributed by atoms with Gasteiger partial charge in [0.15, 0.2) is 0 Å². The molecule has 0 aliphatic heterocycles. The van der Waals surface area contributed by atoms with Crippen molar-refractivity contribution in [2.75, 3.05) is 5.32 Å². The first-order valence-electron chi connectivity index (χ1n) is 5.07. The van der Waals surface area contributed by atoms with Crippen LogP contribution in [-0.2, 0) is 11.3 Å². The van der Waals surface area contributed by atoms with Gasteiger partial charge in [0.2, 0.25) is 5.91 Å². The highest BCUT2D eigenvalue weighted by Gasteiger charge is 2.10. The first-order chi connectivity index (χ1) is 6.99. The SMILES string of the molecule is CC(C)Cn1nnc(NC(=O)C(C)C)n1. The third kappa shape index (κ3) is 3.65. The molecule has 1 aromatic heterocycles. The number of tetrazole rings is 1. The molecule has 0 unspecified atom stereocenters. The van der Waals surface area contributed by atoms with Crippen LogP contribution in [0.2, 0.25) is 0 Å². The second-order valence-corrected chi connectivity index (χ2v) is 4.21. The first-order valence-corrected chi connectivity index (χ1v) is 5.07. The molecule has 1 N–H and O–H groups in total. The molecule has 1 amide bonds. The Morgan fingerprint density at radius 2 is 2.07 bits per heavy atom. The average molecular weight is 211 g/mol. The second kappa shape index (κ2) is 4.86. The van der Waals surface area contributed by atoms with E-state index < -0.39 is 0 Å². The number of carbonyl (C=O) groups is 1. The van der Waals surface area contributed by atoms with Crippen LogP contribution in [0.25, 0.3) is 0 Å². The zero-order valence-electron chi connectivity index (χ0n) is 9.56. The average Bonchev–Trinajstić information content (AvgIpc) is 2.51. The number of nitrogens with zero attached hydrogens (tertiary/aromatic N) is 4. The molecule has 6 heteroatoms. The largest absolute Gasteiger partial charge is 0.292 e. The maximum absolute atomic E-state index is 11.3. The van der Waals surface area contributed by atoms with Crippen LogP contribution in [0.1, 0.15) is 27.7 Å². The number of carbonyl (C=O) groups excluding carboxylic acids is 1. The van der Waals surface area contributed by atoms with Crippen LogP contribution >= 0.6 is 0 Å². The normalized spacial score (nSPS) is 11.1. The van der Waals surface area contributed by atoms with Gasteiger partial charge in [-0.05, 0) is 11.1 Å². The number of rotatable bonds is 4. The highest BCUT2D eigenvalue weighted by atomic mass is 16.2. The van der Waals surface area contributed by atoms with Gasteiger partial charge in [-0.2, -0.15) is 4.80 Å². The monoisotopic (exact) mass is 211 g/mol. The molecule has 0 saturated carbocycles. The first kappa shape index (κ1) is 11.6. The molecule has 0 spiro atoms. The minimum Gasteiger partial charge on any atom is -0.292 e. The van der Waals surface area contributed by atoms with Crippen molar-refractivity contribution in [1.29, 1.82) is 0 Å². The molecule has 0 bridgehead atoms. The summed E-state index contributed by atoms with van der Waals surface area (Å²) in [4.78, 5) is 12.8. The Morgan fingerprint density at radius 3 is 2.60 bits per heavy atom. The van der Waals surface area contributed by atoms with E-state index in [0.717, 1.165) is 0 Å². The summed E-state index contributed by atoms with van der Waals surface area (Å²) in [5.74, 6) is 0.545.